The zero-order valence-corrected chi connectivity index (χ0v) is 32.2. The number of methoxy groups -OCH3 is 1. The average Bonchev–Trinajstić information content (AvgIpc) is 3.70. The van der Waals surface area contributed by atoms with Crippen LogP contribution in [0, 0.1) is 6.92 Å². The van der Waals surface area contributed by atoms with Gasteiger partial charge in [-0.3, -0.25) is 9.78 Å². The van der Waals surface area contributed by atoms with Crippen LogP contribution in [0.15, 0.2) is 120 Å². The lowest BCUT2D eigenvalue weighted by molar-refractivity contribution is -0.120. The zero-order chi connectivity index (χ0) is 39.0. The number of hydrogen-bond acceptors (Lipinski definition) is 11. The minimum Gasteiger partial charge on any atom is -0.453 e. The van der Waals surface area contributed by atoms with Crippen LogP contribution in [-0.4, -0.2) is 82.6 Å². The van der Waals surface area contributed by atoms with E-state index in [9.17, 15) is 23.1 Å². The molecule has 0 bridgehead atoms. The van der Waals surface area contributed by atoms with E-state index in [1.807, 2.05) is 60.7 Å². The highest BCUT2D eigenvalue weighted by atomic mass is 32.2. The standard InChI is InChI=1S/C40H41N7O6S2/c1-27-30(22-41-25-43-27)23-47(55(51,52)32-17-19-34-36(21-32)54-26-44-34)31(24-48)16-18-33-35(15-10-20-42-33)46(2)39(49)38(45-40(50)53-3)37(28-11-6-4-7-12-28)29-13-8-5-9-14-29/h4-15,17,19-22,25-26,31,37-38,48H,16,18,23-24H2,1-3H3,(H,45,50)/t31-,38-/m0/s1. The van der Waals surface area contributed by atoms with Gasteiger partial charge in [0, 0.05) is 49.2 Å². The summed E-state index contributed by atoms with van der Waals surface area (Å²) < 4.78 is 35.8. The van der Waals surface area contributed by atoms with Gasteiger partial charge in [0.25, 0.3) is 0 Å². The summed E-state index contributed by atoms with van der Waals surface area (Å²) in [6.07, 6.45) is 4.13. The molecule has 0 unspecified atom stereocenters. The number of anilines is 1. The molecule has 13 nitrogen and oxygen atoms in total. The van der Waals surface area contributed by atoms with Crippen molar-refractivity contribution in [3.05, 3.63) is 143 Å². The van der Waals surface area contributed by atoms with Gasteiger partial charge < -0.3 is 20.1 Å². The summed E-state index contributed by atoms with van der Waals surface area (Å²) in [7, 11) is -1.32. The Morgan fingerprint density at radius 2 is 1.65 bits per heavy atom. The number of fused-ring (bicyclic) bond motifs is 1. The van der Waals surface area contributed by atoms with Gasteiger partial charge in [0.05, 0.1) is 45.7 Å². The Labute approximate surface area is 323 Å². The van der Waals surface area contributed by atoms with Gasteiger partial charge in [-0.15, -0.1) is 11.3 Å². The van der Waals surface area contributed by atoms with E-state index >= 15 is 0 Å². The minimum absolute atomic E-state index is 0.0663. The van der Waals surface area contributed by atoms with Gasteiger partial charge >= 0.3 is 6.09 Å². The van der Waals surface area contributed by atoms with E-state index < -0.39 is 46.6 Å². The normalized spacial score (nSPS) is 12.8. The third-order valence-electron chi connectivity index (χ3n) is 9.51. The fourth-order valence-electron chi connectivity index (χ4n) is 6.54. The van der Waals surface area contributed by atoms with Crippen LogP contribution in [0.3, 0.4) is 0 Å². The van der Waals surface area contributed by atoms with E-state index in [0.29, 0.717) is 32.9 Å². The predicted octanol–water partition coefficient (Wildman–Crippen LogP) is 5.49. The molecule has 0 saturated heterocycles. The molecular formula is C40H41N7O6S2. The maximum Gasteiger partial charge on any atom is 0.407 e. The zero-order valence-electron chi connectivity index (χ0n) is 30.5. The van der Waals surface area contributed by atoms with Crippen LogP contribution in [0.4, 0.5) is 10.5 Å². The molecule has 6 aromatic rings. The number of thiazole rings is 1. The number of aryl methyl sites for hydroxylation is 2. The second kappa shape index (κ2) is 17.7. The van der Waals surface area contributed by atoms with Gasteiger partial charge in [-0.1, -0.05) is 60.7 Å². The highest BCUT2D eigenvalue weighted by Gasteiger charge is 2.36. The van der Waals surface area contributed by atoms with Crippen molar-refractivity contribution in [1.29, 1.82) is 0 Å². The van der Waals surface area contributed by atoms with Crippen LogP contribution in [-0.2, 0) is 32.5 Å². The fourth-order valence-corrected chi connectivity index (χ4v) is 8.98. The Hall–Kier alpha value is -5.61. The molecule has 0 aliphatic rings. The van der Waals surface area contributed by atoms with Crippen molar-refractivity contribution in [1.82, 2.24) is 29.6 Å². The van der Waals surface area contributed by atoms with Gasteiger partial charge in [-0.25, -0.2) is 28.2 Å². The summed E-state index contributed by atoms with van der Waals surface area (Å²) in [5.74, 6) is -1.01. The number of carbonyl (C=O) groups is 2. The average molecular weight is 780 g/mol. The van der Waals surface area contributed by atoms with E-state index in [1.54, 1.807) is 56.1 Å². The number of amides is 2. The number of aliphatic hydroxyl groups is 1. The lowest BCUT2D eigenvalue weighted by Gasteiger charge is -2.32. The molecule has 3 heterocycles. The number of rotatable bonds is 15. The van der Waals surface area contributed by atoms with Crippen LogP contribution in [0.1, 0.15) is 40.4 Å². The summed E-state index contributed by atoms with van der Waals surface area (Å²) in [6, 6.07) is 25.1. The summed E-state index contributed by atoms with van der Waals surface area (Å²) in [6.45, 7) is 1.19. The third kappa shape index (κ3) is 8.86. The first-order valence-corrected chi connectivity index (χ1v) is 19.8. The number of likely N-dealkylation sites (N-methyl/N-ethyl adjacent to an activating group) is 1. The van der Waals surface area contributed by atoms with Crippen LogP contribution in [0.5, 0.6) is 0 Å². The van der Waals surface area contributed by atoms with Crippen molar-refractivity contribution in [2.45, 2.75) is 49.2 Å². The number of benzene rings is 3. The van der Waals surface area contributed by atoms with E-state index in [2.05, 4.69) is 25.3 Å². The Balaban J connectivity index is 1.32. The van der Waals surface area contributed by atoms with Gasteiger partial charge in [-0.2, -0.15) is 4.31 Å². The smallest absolute Gasteiger partial charge is 0.407 e. The van der Waals surface area contributed by atoms with E-state index in [0.717, 1.165) is 11.1 Å². The molecule has 0 spiro atoms. The predicted molar refractivity (Wildman–Crippen MR) is 210 cm³/mol. The molecule has 0 saturated carbocycles. The summed E-state index contributed by atoms with van der Waals surface area (Å²) in [4.78, 5) is 46.2. The number of ether oxygens (including phenoxy) is 1. The molecule has 0 radical (unpaired) electrons. The molecule has 2 atom stereocenters. The molecule has 55 heavy (non-hydrogen) atoms. The Bertz CT molecular complexity index is 2310. The lowest BCUT2D eigenvalue weighted by Crippen LogP contribution is -2.51. The maximum atomic E-state index is 14.6. The number of nitrogens with zero attached hydrogens (tertiary/aromatic N) is 6. The van der Waals surface area contributed by atoms with Crippen molar-refractivity contribution in [2.75, 3.05) is 25.7 Å². The molecule has 2 amide bonds. The van der Waals surface area contributed by atoms with E-state index in [1.165, 1.54) is 40.0 Å². The highest BCUT2D eigenvalue weighted by Crippen LogP contribution is 2.32. The fraction of sp³-hybridized carbons (Fsp3) is 0.250. The van der Waals surface area contributed by atoms with Crippen LogP contribution < -0.4 is 10.2 Å². The van der Waals surface area contributed by atoms with Gasteiger partial charge in [-0.05, 0) is 61.2 Å². The second-order valence-electron chi connectivity index (χ2n) is 12.8. The molecule has 2 N–H and O–H groups in total. The summed E-state index contributed by atoms with van der Waals surface area (Å²) in [5, 5.41) is 13.6. The molecule has 3 aromatic carbocycles. The number of hydrogen-bond donors (Lipinski definition) is 2. The quantitative estimate of drug-likeness (QED) is 0.136. The first-order valence-electron chi connectivity index (χ1n) is 17.5. The number of aromatic nitrogens is 4. The largest absolute Gasteiger partial charge is 0.453 e. The lowest BCUT2D eigenvalue weighted by atomic mass is 9.84. The summed E-state index contributed by atoms with van der Waals surface area (Å²) in [5.41, 5.74) is 6.10. The molecule has 15 heteroatoms. The second-order valence-corrected chi connectivity index (χ2v) is 15.6. The van der Waals surface area contributed by atoms with Crippen LogP contribution >= 0.6 is 11.3 Å². The maximum absolute atomic E-state index is 14.6. The highest BCUT2D eigenvalue weighted by molar-refractivity contribution is 7.89. The molecule has 0 aliphatic heterocycles. The first-order chi connectivity index (χ1) is 26.6. The molecule has 3 aromatic heterocycles. The molecule has 284 valence electrons. The number of pyridine rings is 1. The number of alkyl carbamates (subject to hydrolysis) is 1. The number of aliphatic hydroxyl groups excluding tert-OH is 1. The molecular weight excluding hydrogens is 739 g/mol. The third-order valence-corrected chi connectivity index (χ3v) is 12.2. The summed E-state index contributed by atoms with van der Waals surface area (Å²) >= 11 is 1.34. The molecule has 0 aliphatic carbocycles. The van der Waals surface area contributed by atoms with Crippen molar-refractivity contribution >= 4 is 49.3 Å². The van der Waals surface area contributed by atoms with E-state index in [4.69, 9.17) is 4.74 Å². The van der Waals surface area contributed by atoms with Crippen molar-refractivity contribution in [3.8, 4) is 0 Å². The molecule has 6 rings (SSSR count). The van der Waals surface area contributed by atoms with E-state index in [-0.39, 0.29) is 24.3 Å². The monoisotopic (exact) mass is 779 g/mol. The van der Waals surface area contributed by atoms with Gasteiger partial charge in [0.15, 0.2) is 0 Å². The van der Waals surface area contributed by atoms with Gasteiger partial charge in [0.2, 0.25) is 15.9 Å². The Morgan fingerprint density at radius 3 is 2.31 bits per heavy atom. The number of carbonyl (C=O) groups excluding carboxylic acids is 2. The topological polar surface area (TPSA) is 168 Å². The van der Waals surface area contributed by atoms with Crippen molar-refractivity contribution in [3.63, 3.8) is 0 Å². The molecule has 0 fully saturated rings. The number of nitrogens with one attached hydrogen (secondary N) is 1. The first kappa shape index (κ1) is 39.1. The SMILES string of the molecule is COC(=O)N[C@H](C(=O)N(C)c1cccnc1CC[C@@H](CO)N(Cc1cncnc1C)S(=O)(=O)c1ccc2ncsc2c1)C(c1ccccc1)c1ccccc1. The van der Waals surface area contributed by atoms with Crippen LogP contribution in [0.25, 0.3) is 10.2 Å². The van der Waals surface area contributed by atoms with Crippen molar-refractivity contribution in [2.24, 2.45) is 0 Å². The Morgan fingerprint density at radius 1 is 0.945 bits per heavy atom. The Kier molecular flexibility index (Phi) is 12.6. The number of sulfonamides is 1. The van der Waals surface area contributed by atoms with Gasteiger partial charge in [0.1, 0.15) is 12.4 Å². The van der Waals surface area contributed by atoms with Crippen molar-refractivity contribution < 1.29 is 27.9 Å². The minimum atomic E-state index is -4.17. The van der Waals surface area contributed by atoms with Crippen LogP contribution in [0.2, 0.25) is 0 Å².